The van der Waals surface area contributed by atoms with Gasteiger partial charge in [0.25, 0.3) is 0 Å². The van der Waals surface area contributed by atoms with Crippen LogP contribution in [0.2, 0.25) is 0 Å². The number of hydrogen-bond acceptors (Lipinski definition) is 3. The van der Waals surface area contributed by atoms with E-state index in [4.69, 9.17) is 4.74 Å². The molecule has 1 aliphatic carbocycles. The summed E-state index contributed by atoms with van der Waals surface area (Å²) in [6, 6.07) is 3.99. The van der Waals surface area contributed by atoms with E-state index in [1.54, 1.807) is 7.11 Å². The minimum Gasteiger partial charge on any atom is -0.495 e. The van der Waals surface area contributed by atoms with Crippen LogP contribution in [0.3, 0.4) is 0 Å². The van der Waals surface area contributed by atoms with Gasteiger partial charge in [0.15, 0.2) is 0 Å². The van der Waals surface area contributed by atoms with Gasteiger partial charge in [-0.1, -0.05) is 20.8 Å². The molecule has 3 heteroatoms. The average Bonchev–Trinajstić information content (AvgIpc) is 2.45. The lowest BCUT2D eigenvalue weighted by molar-refractivity contribution is 0.156. The van der Waals surface area contributed by atoms with Crippen LogP contribution in [-0.4, -0.2) is 25.2 Å². The third-order valence-electron chi connectivity index (χ3n) is 4.56. The van der Waals surface area contributed by atoms with E-state index in [1.807, 2.05) is 18.3 Å². The molecule has 1 aliphatic rings. The molecule has 0 radical (unpaired) electrons. The largest absolute Gasteiger partial charge is 0.495 e. The maximum absolute atomic E-state index is 5.54. The molecule has 0 saturated heterocycles. The Morgan fingerprint density at radius 2 is 2.25 bits per heavy atom. The van der Waals surface area contributed by atoms with Crippen LogP contribution in [0.1, 0.15) is 51.6 Å². The van der Waals surface area contributed by atoms with Gasteiger partial charge in [-0.3, -0.25) is 4.98 Å². The predicted octanol–water partition coefficient (Wildman–Crippen LogP) is 3.61. The Balaban J connectivity index is 2.26. The Bertz CT molecular complexity index is 431. The van der Waals surface area contributed by atoms with Crippen LogP contribution in [0, 0.1) is 11.3 Å². The number of ether oxygens (including phenoxy) is 1. The van der Waals surface area contributed by atoms with E-state index in [0.29, 0.717) is 17.3 Å². The lowest BCUT2D eigenvalue weighted by Gasteiger charge is -2.41. The fraction of sp³-hybridized carbons (Fsp3) is 0.706. The molecule has 3 nitrogen and oxygen atoms in total. The lowest BCUT2D eigenvalue weighted by Crippen LogP contribution is -2.35. The SMILES string of the molecule is CCNCC1CCC(C)(C)CC1c1ncccc1OC. The van der Waals surface area contributed by atoms with Crippen molar-refractivity contribution in [3.05, 3.63) is 24.0 Å². The summed E-state index contributed by atoms with van der Waals surface area (Å²) in [7, 11) is 1.74. The average molecular weight is 276 g/mol. The van der Waals surface area contributed by atoms with Crippen molar-refractivity contribution >= 4 is 0 Å². The van der Waals surface area contributed by atoms with Crippen molar-refractivity contribution in [3.63, 3.8) is 0 Å². The fourth-order valence-electron chi connectivity index (χ4n) is 3.39. The number of nitrogens with one attached hydrogen (secondary N) is 1. The summed E-state index contributed by atoms with van der Waals surface area (Å²) >= 11 is 0. The smallest absolute Gasteiger partial charge is 0.140 e. The van der Waals surface area contributed by atoms with Crippen LogP contribution in [0.15, 0.2) is 18.3 Å². The van der Waals surface area contributed by atoms with Crippen LogP contribution < -0.4 is 10.1 Å². The molecule has 1 saturated carbocycles. The van der Waals surface area contributed by atoms with Crippen molar-refractivity contribution in [3.8, 4) is 5.75 Å². The molecule has 1 heterocycles. The molecule has 1 aromatic rings. The molecular formula is C17H28N2O. The van der Waals surface area contributed by atoms with Gasteiger partial charge in [0.1, 0.15) is 5.75 Å². The molecule has 0 aromatic carbocycles. The van der Waals surface area contributed by atoms with E-state index in [0.717, 1.165) is 24.5 Å². The lowest BCUT2D eigenvalue weighted by atomic mass is 9.66. The first kappa shape index (κ1) is 15.3. The number of nitrogens with zero attached hydrogens (tertiary/aromatic N) is 1. The van der Waals surface area contributed by atoms with Gasteiger partial charge in [-0.25, -0.2) is 0 Å². The van der Waals surface area contributed by atoms with E-state index in [2.05, 4.69) is 31.1 Å². The molecule has 112 valence electrons. The molecule has 0 amide bonds. The topological polar surface area (TPSA) is 34.2 Å². The third kappa shape index (κ3) is 3.51. The summed E-state index contributed by atoms with van der Waals surface area (Å²) in [5.41, 5.74) is 1.54. The van der Waals surface area contributed by atoms with E-state index < -0.39 is 0 Å². The van der Waals surface area contributed by atoms with Crippen molar-refractivity contribution in [2.24, 2.45) is 11.3 Å². The van der Waals surface area contributed by atoms with Gasteiger partial charge in [0.05, 0.1) is 12.8 Å². The quantitative estimate of drug-likeness (QED) is 0.892. The number of pyridine rings is 1. The Morgan fingerprint density at radius 3 is 2.95 bits per heavy atom. The van der Waals surface area contributed by atoms with Crippen molar-refractivity contribution in [1.82, 2.24) is 10.3 Å². The molecule has 0 bridgehead atoms. The van der Waals surface area contributed by atoms with Crippen LogP contribution in [0.25, 0.3) is 0 Å². The Hall–Kier alpha value is -1.09. The summed E-state index contributed by atoms with van der Waals surface area (Å²) < 4.78 is 5.54. The zero-order valence-electron chi connectivity index (χ0n) is 13.3. The van der Waals surface area contributed by atoms with Crippen molar-refractivity contribution in [2.45, 2.75) is 46.0 Å². The van der Waals surface area contributed by atoms with Crippen molar-refractivity contribution in [1.29, 1.82) is 0 Å². The zero-order valence-corrected chi connectivity index (χ0v) is 13.3. The summed E-state index contributed by atoms with van der Waals surface area (Å²) in [6.07, 6.45) is 5.65. The summed E-state index contributed by atoms with van der Waals surface area (Å²) in [5.74, 6) is 2.09. The normalized spacial score (nSPS) is 25.4. The second kappa shape index (κ2) is 6.57. The number of rotatable bonds is 5. The first-order chi connectivity index (χ1) is 9.57. The molecule has 2 unspecified atom stereocenters. The van der Waals surface area contributed by atoms with E-state index in [-0.39, 0.29) is 0 Å². The molecular weight excluding hydrogens is 248 g/mol. The highest BCUT2D eigenvalue weighted by atomic mass is 16.5. The van der Waals surface area contributed by atoms with Crippen LogP contribution in [0.4, 0.5) is 0 Å². The maximum Gasteiger partial charge on any atom is 0.140 e. The number of methoxy groups -OCH3 is 1. The highest BCUT2D eigenvalue weighted by Crippen LogP contribution is 2.47. The van der Waals surface area contributed by atoms with Gasteiger partial charge in [-0.2, -0.15) is 0 Å². The van der Waals surface area contributed by atoms with Gasteiger partial charge < -0.3 is 10.1 Å². The standard InChI is InChI=1S/C17H28N2O/c1-5-18-12-13-8-9-17(2,3)11-14(13)16-15(20-4)7-6-10-19-16/h6-7,10,13-14,18H,5,8-9,11-12H2,1-4H3. The minimum atomic E-state index is 0.399. The second-order valence-corrected chi connectivity index (χ2v) is 6.67. The van der Waals surface area contributed by atoms with E-state index in [1.165, 1.54) is 19.3 Å². The summed E-state index contributed by atoms with van der Waals surface area (Å²) in [6.45, 7) is 9.03. The molecule has 0 spiro atoms. The molecule has 1 aromatic heterocycles. The first-order valence-corrected chi connectivity index (χ1v) is 7.77. The van der Waals surface area contributed by atoms with Crippen LogP contribution in [0.5, 0.6) is 5.75 Å². The Labute approximate surface area is 123 Å². The van der Waals surface area contributed by atoms with Gasteiger partial charge >= 0.3 is 0 Å². The van der Waals surface area contributed by atoms with Gasteiger partial charge in [0, 0.05) is 12.1 Å². The summed E-state index contributed by atoms with van der Waals surface area (Å²) in [5, 5.41) is 3.51. The fourth-order valence-corrected chi connectivity index (χ4v) is 3.39. The number of hydrogen-bond donors (Lipinski definition) is 1. The van der Waals surface area contributed by atoms with E-state index >= 15 is 0 Å². The summed E-state index contributed by atoms with van der Waals surface area (Å²) in [4.78, 5) is 4.64. The van der Waals surface area contributed by atoms with Gasteiger partial charge in [-0.05, 0) is 55.8 Å². The Kier molecular flexibility index (Phi) is 5.03. The van der Waals surface area contributed by atoms with Crippen molar-refractivity contribution < 1.29 is 4.74 Å². The van der Waals surface area contributed by atoms with Crippen LogP contribution >= 0.6 is 0 Å². The predicted molar refractivity (Wildman–Crippen MR) is 83.2 cm³/mol. The second-order valence-electron chi connectivity index (χ2n) is 6.67. The zero-order chi connectivity index (χ0) is 14.6. The monoisotopic (exact) mass is 276 g/mol. The van der Waals surface area contributed by atoms with E-state index in [9.17, 15) is 0 Å². The molecule has 2 rings (SSSR count). The first-order valence-electron chi connectivity index (χ1n) is 7.77. The third-order valence-corrected chi connectivity index (χ3v) is 4.56. The van der Waals surface area contributed by atoms with Gasteiger partial charge in [0.2, 0.25) is 0 Å². The Morgan fingerprint density at radius 1 is 1.45 bits per heavy atom. The van der Waals surface area contributed by atoms with Crippen LogP contribution in [-0.2, 0) is 0 Å². The highest BCUT2D eigenvalue weighted by Gasteiger charge is 2.37. The molecule has 1 fully saturated rings. The highest BCUT2D eigenvalue weighted by molar-refractivity contribution is 5.31. The molecule has 1 N–H and O–H groups in total. The molecule has 2 atom stereocenters. The maximum atomic E-state index is 5.54. The molecule has 20 heavy (non-hydrogen) atoms. The van der Waals surface area contributed by atoms with Gasteiger partial charge in [-0.15, -0.1) is 0 Å². The molecule has 0 aliphatic heterocycles. The number of aromatic nitrogens is 1. The van der Waals surface area contributed by atoms with Crippen molar-refractivity contribution in [2.75, 3.05) is 20.2 Å². The minimum absolute atomic E-state index is 0.399.